The number of nitrogens with one attached hydrogen (secondary N) is 1. The lowest BCUT2D eigenvalue weighted by Crippen LogP contribution is -2.17. The Morgan fingerprint density at radius 2 is 2.12 bits per heavy atom. The van der Waals surface area contributed by atoms with Crippen LogP contribution in [-0.4, -0.2) is 10.2 Å². The van der Waals surface area contributed by atoms with Gasteiger partial charge in [-0.2, -0.15) is 0 Å². The fraction of sp³-hybridized carbons (Fsp3) is 0. The molecule has 1 amide bonds. The molecule has 1 N–H and O–H groups in total. The van der Waals surface area contributed by atoms with E-state index in [2.05, 4.69) is 5.32 Å². The van der Waals surface area contributed by atoms with Crippen LogP contribution in [0.2, 0.25) is 10.0 Å². The Labute approximate surface area is 112 Å². The number of hydrogen-bond donors (Lipinski definition) is 1. The van der Waals surface area contributed by atoms with Gasteiger partial charge in [-0.3, -0.25) is 4.79 Å². The van der Waals surface area contributed by atoms with E-state index in [9.17, 15) is 4.79 Å². The van der Waals surface area contributed by atoms with Gasteiger partial charge in [-0.1, -0.05) is 59.3 Å². The van der Waals surface area contributed by atoms with Crippen molar-refractivity contribution in [3.63, 3.8) is 0 Å². The van der Waals surface area contributed by atoms with E-state index in [1.54, 1.807) is 24.3 Å². The van der Waals surface area contributed by atoms with Gasteiger partial charge in [-0.25, -0.2) is 0 Å². The van der Waals surface area contributed by atoms with Gasteiger partial charge in [0.15, 0.2) is 0 Å². The molecule has 1 saturated heterocycles. The Morgan fingerprint density at radius 1 is 1.38 bits per heavy atom. The molecule has 1 aliphatic rings. The molecule has 1 fully saturated rings. The van der Waals surface area contributed by atoms with E-state index >= 15 is 0 Å². The van der Waals surface area contributed by atoms with Gasteiger partial charge in [-0.15, -0.1) is 0 Å². The highest BCUT2D eigenvalue weighted by molar-refractivity contribution is 8.26. The average Bonchev–Trinajstić information content (AvgIpc) is 2.53. The van der Waals surface area contributed by atoms with E-state index in [4.69, 9.17) is 35.4 Å². The summed E-state index contributed by atoms with van der Waals surface area (Å²) in [5.74, 6) is -0.203. The van der Waals surface area contributed by atoms with E-state index in [0.29, 0.717) is 24.8 Å². The van der Waals surface area contributed by atoms with Gasteiger partial charge in [0, 0.05) is 0 Å². The van der Waals surface area contributed by atoms with Gasteiger partial charge >= 0.3 is 0 Å². The first-order chi connectivity index (χ1) is 7.58. The number of thiocarbonyl (C=S) groups is 1. The van der Waals surface area contributed by atoms with Gasteiger partial charge in [0.1, 0.15) is 4.32 Å². The fourth-order valence-corrected chi connectivity index (χ4v) is 2.59. The van der Waals surface area contributed by atoms with Crippen LogP contribution >= 0.6 is 47.2 Å². The van der Waals surface area contributed by atoms with Crippen LogP contribution in [0.1, 0.15) is 5.56 Å². The van der Waals surface area contributed by atoms with E-state index in [1.165, 1.54) is 11.8 Å². The lowest BCUT2D eigenvalue weighted by molar-refractivity contribution is -0.115. The van der Waals surface area contributed by atoms with Gasteiger partial charge in [0.25, 0.3) is 5.91 Å². The molecule has 0 aliphatic carbocycles. The zero-order valence-corrected chi connectivity index (χ0v) is 10.9. The number of carbonyl (C=O) groups excluding carboxylic acids is 1. The van der Waals surface area contributed by atoms with Crippen LogP contribution in [0.5, 0.6) is 0 Å². The third kappa shape index (κ3) is 2.40. The standard InChI is InChI=1S/C10H5Cl2NOS2/c11-6-3-1-2-5(8(6)12)4-7-9(14)13-10(15)16-7/h1-4H,(H,13,14,15). The number of amides is 1. The van der Waals surface area contributed by atoms with Crippen LogP contribution in [-0.2, 0) is 4.79 Å². The Balaban J connectivity index is 2.40. The molecule has 1 aromatic rings. The highest BCUT2D eigenvalue weighted by Gasteiger charge is 2.22. The molecule has 1 aromatic carbocycles. The van der Waals surface area contributed by atoms with Crippen LogP contribution in [0.4, 0.5) is 0 Å². The summed E-state index contributed by atoms with van der Waals surface area (Å²) < 4.78 is 0.453. The zero-order valence-electron chi connectivity index (χ0n) is 7.79. The molecule has 0 atom stereocenters. The second-order valence-electron chi connectivity index (χ2n) is 3.00. The molecule has 0 unspecified atom stereocenters. The van der Waals surface area contributed by atoms with Crippen molar-refractivity contribution < 1.29 is 4.79 Å². The first-order valence-corrected chi connectivity index (χ1v) is 6.25. The highest BCUT2D eigenvalue weighted by Crippen LogP contribution is 2.31. The van der Waals surface area contributed by atoms with E-state index < -0.39 is 0 Å². The van der Waals surface area contributed by atoms with Crippen molar-refractivity contribution in [1.29, 1.82) is 0 Å². The molecule has 6 heteroatoms. The molecule has 0 radical (unpaired) electrons. The Kier molecular flexibility index (Phi) is 3.54. The SMILES string of the molecule is O=C1NC(=S)SC1=Cc1cccc(Cl)c1Cl. The summed E-state index contributed by atoms with van der Waals surface area (Å²) in [6.07, 6.45) is 1.67. The number of halogens is 2. The maximum atomic E-state index is 11.4. The predicted octanol–water partition coefficient (Wildman–Crippen LogP) is 3.48. The Bertz CT molecular complexity index is 514. The van der Waals surface area contributed by atoms with Gasteiger partial charge in [-0.05, 0) is 17.7 Å². The molecule has 1 heterocycles. The second kappa shape index (κ2) is 4.75. The van der Waals surface area contributed by atoms with Crippen molar-refractivity contribution in [2.45, 2.75) is 0 Å². The minimum Gasteiger partial charge on any atom is -0.307 e. The highest BCUT2D eigenvalue weighted by atomic mass is 35.5. The fourth-order valence-electron chi connectivity index (χ4n) is 1.19. The molecule has 0 spiro atoms. The number of thioether (sulfide) groups is 1. The first-order valence-electron chi connectivity index (χ1n) is 4.27. The predicted molar refractivity (Wildman–Crippen MR) is 72.8 cm³/mol. The maximum Gasteiger partial charge on any atom is 0.263 e. The quantitative estimate of drug-likeness (QED) is 0.634. The van der Waals surface area contributed by atoms with Crippen LogP contribution < -0.4 is 5.32 Å². The summed E-state index contributed by atoms with van der Waals surface area (Å²) in [5.41, 5.74) is 0.705. The minimum atomic E-state index is -0.203. The molecule has 1 aliphatic heterocycles. The average molecular weight is 290 g/mol. The molecule has 0 aromatic heterocycles. The Hall–Kier alpha value is -0.550. The normalized spacial score (nSPS) is 18.0. The molecule has 2 nitrogen and oxygen atoms in total. The van der Waals surface area contributed by atoms with Crippen LogP contribution in [0, 0.1) is 0 Å². The summed E-state index contributed by atoms with van der Waals surface area (Å²) in [6, 6.07) is 5.26. The summed E-state index contributed by atoms with van der Waals surface area (Å²) in [7, 11) is 0. The number of benzene rings is 1. The molecule has 2 rings (SSSR count). The molecule has 82 valence electrons. The van der Waals surface area contributed by atoms with Crippen molar-refractivity contribution in [3.8, 4) is 0 Å². The van der Waals surface area contributed by atoms with Crippen molar-refractivity contribution in [3.05, 3.63) is 38.7 Å². The third-order valence-corrected chi connectivity index (χ3v) is 3.91. The molecular weight excluding hydrogens is 285 g/mol. The zero-order chi connectivity index (χ0) is 11.7. The molecule has 0 bridgehead atoms. The summed E-state index contributed by atoms with van der Waals surface area (Å²) in [4.78, 5) is 11.9. The summed E-state index contributed by atoms with van der Waals surface area (Å²) >= 11 is 18.0. The largest absolute Gasteiger partial charge is 0.307 e. The number of hydrogen-bond acceptors (Lipinski definition) is 3. The first kappa shape index (κ1) is 11.9. The van der Waals surface area contributed by atoms with Crippen LogP contribution in [0.15, 0.2) is 23.1 Å². The summed E-state index contributed by atoms with van der Waals surface area (Å²) in [5, 5.41) is 3.43. The molecule has 16 heavy (non-hydrogen) atoms. The smallest absolute Gasteiger partial charge is 0.263 e. The van der Waals surface area contributed by atoms with Gasteiger partial charge in [0.2, 0.25) is 0 Å². The van der Waals surface area contributed by atoms with Gasteiger partial charge < -0.3 is 5.32 Å². The topological polar surface area (TPSA) is 29.1 Å². The summed E-state index contributed by atoms with van der Waals surface area (Å²) in [6.45, 7) is 0. The molecular formula is C10H5Cl2NOS2. The van der Waals surface area contributed by atoms with Crippen molar-refractivity contribution >= 4 is 63.5 Å². The number of rotatable bonds is 1. The van der Waals surface area contributed by atoms with Crippen LogP contribution in [0.25, 0.3) is 6.08 Å². The van der Waals surface area contributed by atoms with Crippen LogP contribution in [0.3, 0.4) is 0 Å². The Morgan fingerprint density at radius 3 is 2.75 bits per heavy atom. The second-order valence-corrected chi connectivity index (χ2v) is 5.50. The van der Waals surface area contributed by atoms with Crippen molar-refractivity contribution in [2.24, 2.45) is 0 Å². The maximum absolute atomic E-state index is 11.4. The van der Waals surface area contributed by atoms with Crippen molar-refractivity contribution in [1.82, 2.24) is 5.32 Å². The van der Waals surface area contributed by atoms with E-state index in [0.717, 1.165) is 0 Å². The lowest BCUT2D eigenvalue weighted by atomic mass is 10.2. The molecule has 0 saturated carbocycles. The van der Waals surface area contributed by atoms with Gasteiger partial charge in [0.05, 0.1) is 15.0 Å². The lowest BCUT2D eigenvalue weighted by Gasteiger charge is -2.00. The third-order valence-electron chi connectivity index (χ3n) is 1.91. The van der Waals surface area contributed by atoms with Crippen molar-refractivity contribution in [2.75, 3.05) is 0 Å². The number of carbonyl (C=O) groups is 1. The monoisotopic (exact) mass is 289 g/mol. The minimum absolute atomic E-state index is 0.203. The van der Waals surface area contributed by atoms with E-state index in [-0.39, 0.29) is 5.91 Å². The van der Waals surface area contributed by atoms with E-state index in [1.807, 2.05) is 0 Å².